The monoisotopic (exact) mass is 272 g/mol. The topological polar surface area (TPSA) is 72.9 Å². The van der Waals surface area contributed by atoms with Gasteiger partial charge >= 0.3 is 0 Å². The molecular formula is C12H21ClN4O. The van der Waals surface area contributed by atoms with E-state index in [1.807, 2.05) is 10.7 Å². The number of nitrogens with zero attached hydrogens (tertiary/aromatic N) is 2. The van der Waals surface area contributed by atoms with Crippen molar-refractivity contribution in [3.8, 4) is 0 Å². The van der Waals surface area contributed by atoms with Crippen molar-refractivity contribution < 1.29 is 4.79 Å². The van der Waals surface area contributed by atoms with E-state index >= 15 is 0 Å². The molecule has 0 aliphatic heterocycles. The zero-order valence-electron chi connectivity index (χ0n) is 10.6. The Labute approximate surface area is 114 Å². The highest BCUT2D eigenvalue weighted by molar-refractivity contribution is 5.89. The van der Waals surface area contributed by atoms with Crippen molar-refractivity contribution in [1.29, 1.82) is 0 Å². The van der Waals surface area contributed by atoms with Gasteiger partial charge in [-0.15, -0.1) is 12.4 Å². The average Bonchev–Trinajstić information content (AvgIpc) is 3.07. The van der Waals surface area contributed by atoms with Gasteiger partial charge in [0.05, 0.1) is 12.2 Å². The molecule has 1 heterocycles. The summed E-state index contributed by atoms with van der Waals surface area (Å²) in [6.45, 7) is 2.70. The number of amides is 1. The fourth-order valence-corrected chi connectivity index (χ4v) is 1.98. The molecule has 5 nitrogen and oxygen atoms in total. The zero-order chi connectivity index (χ0) is 12.3. The molecule has 1 unspecified atom stereocenters. The van der Waals surface area contributed by atoms with Gasteiger partial charge < -0.3 is 11.1 Å². The average molecular weight is 273 g/mol. The van der Waals surface area contributed by atoms with Gasteiger partial charge in [-0.05, 0) is 38.6 Å². The molecule has 0 aromatic carbocycles. The lowest BCUT2D eigenvalue weighted by Crippen LogP contribution is -2.18. The van der Waals surface area contributed by atoms with Gasteiger partial charge in [-0.1, -0.05) is 0 Å². The minimum absolute atomic E-state index is 0. The van der Waals surface area contributed by atoms with E-state index in [2.05, 4.69) is 17.3 Å². The number of halogens is 1. The first-order chi connectivity index (χ1) is 8.22. The third-order valence-electron chi connectivity index (χ3n) is 3.24. The van der Waals surface area contributed by atoms with E-state index < -0.39 is 0 Å². The van der Waals surface area contributed by atoms with Crippen molar-refractivity contribution in [2.75, 3.05) is 11.9 Å². The highest BCUT2D eigenvalue weighted by Gasteiger charge is 2.30. The maximum Gasteiger partial charge on any atom is 0.225 e. The summed E-state index contributed by atoms with van der Waals surface area (Å²) in [5, 5.41) is 7.18. The van der Waals surface area contributed by atoms with Gasteiger partial charge in [0.1, 0.15) is 5.82 Å². The van der Waals surface area contributed by atoms with E-state index in [1.165, 1.54) is 12.8 Å². The Morgan fingerprint density at radius 3 is 3.00 bits per heavy atom. The van der Waals surface area contributed by atoms with Crippen LogP contribution in [-0.4, -0.2) is 22.2 Å². The van der Waals surface area contributed by atoms with Crippen molar-refractivity contribution in [1.82, 2.24) is 9.78 Å². The molecule has 102 valence electrons. The van der Waals surface area contributed by atoms with Crippen LogP contribution in [0.15, 0.2) is 12.3 Å². The Balaban J connectivity index is 0.00000162. The summed E-state index contributed by atoms with van der Waals surface area (Å²) in [6.07, 6.45) is 5.46. The van der Waals surface area contributed by atoms with Crippen LogP contribution in [-0.2, 0) is 4.79 Å². The third kappa shape index (κ3) is 3.71. The lowest BCUT2D eigenvalue weighted by molar-refractivity contribution is -0.116. The highest BCUT2D eigenvalue weighted by atomic mass is 35.5. The van der Waals surface area contributed by atoms with Crippen molar-refractivity contribution in [3.05, 3.63) is 12.3 Å². The van der Waals surface area contributed by atoms with Gasteiger partial charge in [0, 0.05) is 12.5 Å². The number of rotatable bonds is 6. The Bertz CT molecular complexity index is 389. The molecule has 1 fully saturated rings. The first kappa shape index (κ1) is 15.0. The lowest BCUT2D eigenvalue weighted by Gasteiger charge is -2.15. The van der Waals surface area contributed by atoms with Crippen LogP contribution in [0.4, 0.5) is 5.82 Å². The quantitative estimate of drug-likeness (QED) is 0.831. The van der Waals surface area contributed by atoms with Gasteiger partial charge in [0.25, 0.3) is 0 Å². The third-order valence-corrected chi connectivity index (χ3v) is 3.24. The Morgan fingerprint density at radius 2 is 2.39 bits per heavy atom. The van der Waals surface area contributed by atoms with Crippen molar-refractivity contribution >= 4 is 24.1 Å². The molecule has 1 aliphatic carbocycles. The molecule has 1 atom stereocenters. The van der Waals surface area contributed by atoms with Crippen molar-refractivity contribution in [2.45, 2.75) is 38.6 Å². The molecule has 2 rings (SSSR count). The first-order valence-electron chi connectivity index (χ1n) is 6.26. The van der Waals surface area contributed by atoms with Crippen LogP contribution < -0.4 is 11.1 Å². The molecule has 18 heavy (non-hydrogen) atoms. The van der Waals surface area contributed by atoms with Crippen LogP contribution in [0.25, 0.3) is 0 Å². The normalized spacial score (nSPS) is 15.9. The number of anilines is 1. The standard InChI is InChI=1S/C12H20N4O.ClH/c1-9(10-4-5-10)16-11(6-8-14-16)15-12(17)3-2-7-13;/h6,8-10H,2-5,7,13H2,1H3,(H,15,17);1H. The molecule has 1 aromatic rings. The van der Waals surface area contributed by atoms with E-state index in [0.717, 1.165) is 18.2 Å². The fourth-order valence-electron chi connectivity index (χ4n) is 1.98. The summed E-state index contributed by atoms with van der Waals surface area (Å²) in [6, 6.07) is 2.22. The van der Waals surface area contributed by atoms with Crippen LogP contribution in [0.1, 0.15) is 38.6 Å². The van der Waals surface area contributed by atoms with E-state index in [9.17, 15) is 4.79 Å². The summed E-state index contributed by atoms with van der Waals surface area (Å²) in [5.74, 6) is 1.53. The van der Waals surface area contributed by atoms with Crippen molar-refractivity contribution in [3.63, 3.8) is 0 Å². The smallest absolute Gasteiger partial charge is 0.225 e. The SMILES string of the molecule is CC(C1CC1)n1nccc1NC(=O)CCCN.Cl. The zero-order valence-corrected chi connectivity index (χ0v) is 11.4. The largest absolute Gasteiger partial charge is 0.330 e. The number of hydrogen-bond acceptors (Lipinski definition) is 3. The van der Waals surface area contributed by atoms with Crippen LogP contribution in [0.5, 0.6) is 0 Å². The minimum Gasteiger partial charge on any atom is -0.330 e. The van der Waals surface area contributed by atoms with Crippen LogP contribution in [0.3, 0.4) is 0 Å². The number of carbonyl (C=O) groups is 1. The van der Waals surface area contributed by atoms with Crippen LogP contribution >= 0.6 is 12.4 Å². The molecule has 6 heteroatoms. The Hall–Kier alpha value is -1.07. The molecule has 0 radical (unpaired) electrons. The summed E-state index contributed by atoms with van der Waals surface area (Å²) < 4.78 is 1.91. The second-order valence-electron chi connectivity index (χ2n) is 4.68. The van der Waals surface area contributed by atoms with Crippen molar-refractivity contribution in [2.24, 2.45) is 11.7 Å². The van der Waals surface area contributed by atoms with Gasteiger partial charge in [0.15, 0.2) is 0 Å². The van der Waals surface area contributed by atoms with Gasteiger partial charge in [-0.2, -0.15) is 5.10 Å². The number of aromatic nitrogens is 2. The summed E-state index contributed by atoms with van der Waals surface area (Å²) >= 11 is 0. The maximum atomic E-state index is 11.6. The molecule has 0 saturated heterocycles. The van der Waals surface area contributed by atoms with Crippen LogP contribution in [0.2, 0.25) is 0 Å². The first-order valence-corrected chi connectivity index (χ1v) is 6.26. The number of carbonyl (C=O) groups excluding carboxylic acids is 1. The second kappa shape index (κ2) is 6.75. The summed E-state index contributed by atoms with van der Waals surface area (Å²) in [5.41, 5.74) is 5.38. The van der Waals surface area contributed by atoms with E-state index in [0.29, 0.717) is 19.0 Å². The molecule has 3 N–H and O–H groups in total. The number of nitrogens with two attached hydrogens (primary N) is 1. The number of hydrogen-bond donors (Lipinski definition) is 2. The highest BCUT2D eigenvalue weighted by Crippen LogP contribution is 2.40. The molecule has 0 bridgehead atoms. The minimum atomic E-state index is 0. The van der Waals surface area contributed by atoms with E-state index in [-0.39, 0.29) is 18.3 Å². The van der Waals surface area contributed by atoms with E-state index in [4.69, 9.17) is 5.73 Å². The molecule has 1 aliphatic rings. The predicted octanol–water partition coefficient (Wildman–Crippen LogP) is 1.95. The molecule has 1 saturated carbocycles. The van der Waals surface area contributed by atoms with E-state index in [1.54, 1.807) is 6.20 Å². The number of nitrogens with one attached hydrogen (secondary N) is 1. The predicted molar refractivity (Wildman–Crippen MR) is 73.8 cm³/mol. The molecule has 1 amide bonds. The molecule has 1 aromatic heterocycles. The molecule has 0 spiro atoms. The van der Waals surface area contributed by atoms with Gasteiger partial charge in [0.2, 0.25) is 5.91 Å². The fraction of sp³-hybridized carbons (Fsp3) is 0.667. The Kier molecular flexibility index (Phi) is 5.62. The second-order valence-corrected chi connectivity index (χ2v) is 4.68. The van der Waals surface area contributed by atoms with Gasteiger partial charge in [-0.3, -0.25) is 4.79 Å². The van der Waals surface area contributed by atoms with Gasteiger partial charge in [-0.25, -0.2) is 4.68 Å². The summed E-state index contributed by atoms with van der Waals surface area (Å²) in [4.78, 5) is 11.6. The molecular weight excluding hydrogens is 252 g/mol. The van der Waals surface area contributed by atoms with Crippen LogP contribution in [0, 0.1) is 5.92 Å². The lowest BCUT2D eigenvalue weighted by atomic mass is 10.2. The summed E-state index contributed by atoms with van der Waals surface area (Å²) in [7, 11) is 0. The Morgan fingerprint density at radius 1 is 1.67 bits per heavy atom. The maximum absolute atomic E-state index is 11.6.